The number of nitrogens with zero attached hydrogens (tertiary/aromatic N) is 2. The summed E-state index contributed by atoms with van der Waals surface area (Å²) in [5, 5.41) is 0. The smallest absolute Gasteiger partial charge is 0.335 e. The molecule has 0 bridgehead atoms. The predicted octanol–water partition coefficient (Wildman–Crippen LogP) is 14.4. The van der Waals surface area contributed by atoms with Crippen LogP contribution in [0.15, 0.2) is 232 Å². The lowest BCUT2D eigenvalue weighted by atomic mass is 9.78. The first-order valence-electron chi connectivity index (χ1n) is 22.9. The lowest BCUT2D eigenvalue weighted by molar-refractivity contribution is -0.129. The van der Waals surface area contributed by atoms with Gasteiger partial charge in [0.15, 0.2) is 0 Å². The average molecular weight is 911 g/mol. The largest absolute Gasteiger partial charge is 0.493 e. The van der Waals surface area contributed by atoms with E-state index in [9.17, 15) is 9.59 Å². The number of carbonyl (C=O) groups is 2. The topological polar surface area (TPSA) is 77.5 Å². The summed E-state index contributed by atoms with van der Waals surface area (Å²) in [6.07, 6.45) is 3.81. The first kappa shape index (κ1) is 46.9. The van der Waals surface area contributed by atoms with Gasteiger partial charge < -0.3 is 28.7 Å². The van der Waals surface area contributed by atoms with Gasteiger partial charge in [0.1, 0.15) is 23.0 Å². The Labute approximate surface area is 404 Å². The second-order valence-corrected chi connectivity index (χ2v) is 16.8. The molecule has 0 aliphatic heterocycles. The quantitative estimate of drug-likeness (QED) is 0.0425. The van der Waals surface area contributed by atoms with Gasteiger partial charge in [-0.15, -0.1) is 0 Å². The Morgan fingerprint density at radius 1 is 0.406 bits per heavy atom. The van der Waals surface area contributed by atoms with Crippen molar-refractivity contribution in [3.05, 3.63) is 254 Å². The van der Waals surface area contributed by atoms with E-state index in [-0.39, 0.29) is 5.41 Å². The summed E-state index contributed by atoms with van der Waals surface area (Å²) in [5.41, 5.74) is 10.4. The minimum Gasteiger partial charge on any atom is -0.493 e. The van der Waals surface area contributed by atoms with Crippen molar-refractivity contribution in [2.45, 2.75) is 32.1 Å². The first-order chi connectivity index (χ1) is 33.7. The van der Waals surface area contributed by atoms with E-state index in [4.69, 9.17) is 18.9 Å². The number of carbonyl (C=O) groups excluding carboxylic acids is 2. The third-order valence-electron chi connectivity index (χ3n) is 11.8. The Hall–Kier alpha value is -8.62. The Morgan fingerprint density at radius 3 is 1.01 bits per heavy atom. The molecule has 69 heavy (non-hydrogen) atoms. The minimum absolute atomic E-state index is 0.234. The Morgan fingerprint density at radius 2 is 0.696 bits per heavy atom. The molecule has 0 saturated heterocycles. The van der Waals surface area contributed by atoms with Crippen molar-refractivity contribution < 1.29 is 28.5 Å². The molecule has 8 nitrogen and oxygen atoms in total. The molecule has 0 heterocycles. The summed E-state index contributed by atoms with van der Waals surface area (Å²) in [4.78, 5) is 27.7. The normalized spacial score (nSPS) is 10.9. The van der Waals surface area contributed by atoms with Gasteiger partial charge in [-0.2, -0.15) is 0 Å². The van der Waals surface area contributed by atoms with Gasteiger partial charge in [0.05, 0.1) is 13.2 Å². The SMILES string of the molecule is C=CC(=O)Oc1ccc(N(c2ccccc2)c2ccc(CCOc3ccc(C(C)(C)c4ccc(OCCc5ccc(N(c6ccccc6)c6ccc(OC(=O)C=C)cc6)cc5)cc4)cc3)cc2)cc1. The molecule has 0 saturated carbocycles. The van der Waals surface area contributed by atoms with Crippen LogP contribution in [0.4, 0.5) is 34.1 Å². The molecule has 0 atom stereocenters. The van der Waals surface area contributed by atoms with Gasteiger partial charge in [0.2, 0.25) is 0 Å². The highest BCUT2D eigenvalue weighted by Crippen LogP contribution is 2.38. The maximum atomic E-state index is 11.7. The van der Waals surface area contributed by atoms with Gasteiger partial charge in [0, 0.05) is 64.5 Å². The number of hydrogen-bond donors (Lipinski definition) is 0. The fourth-order valence-electron chi connectivity index (χ4n) is 7.99. The molecule has 8 aromatic carbocycles. The zero-order valence-electron chi connectivity index (χ0n) is 38.9. The maximum Gasteiger partial charge on any atom is 0.335 e. The lowest BCUT2D eigenvalue weighted by Crippen LogP contribution is -2.18. The second kappa shape index (κ2) is 22.2. The standard InChI is InChI=1S/C61H54N2O6/c1-5-59(64)68-57-37-29-53(30-38-57)62(49-13-9-7-10-14-49)51-25-17-45(18-26-51)41-43-66-55-33-21-47(22-34-55)61(3,4)48-23-35-56(36-24-48)67-44-42-46-19-27-52(28-20-46)63(50-15-11-8-12-16-50)54-31-39-58(40-32-54)69-60(65)6-2/h5-40H,1-2,41-44H2,3-4H3. The van der Waals surface area contributed by atoms with Crippen LogP contribution >= 0.6 is 0 Å². The molecule has 0 radical (unpaired) electrons. The van der Waals surface area contributed by atoms with Crippen LogP contribution < -0.4 is 28.7 Å². The highest BCUT2D eigenvalue weighted by atomic mass is 16.5. The molecule has 0 spiro atoms. The van der Waals surface area contributed by atoms with Crippen LogP contribution in [0.25, 0.3) is 0 Å². The van der Waals surface area contributed by atoms with Gasteiger partial charge in [-0.1, -0.05) is 112 Å². The first-order valence-corrected chi connectivity index (χ1v) is 22.9. The van der Waals surface area contributed by atoms with Crippen LogP contribution in [0, 0.1) is 0 Å². The van der Waals surface area contributed by atoms with Crippen molar-refractivity contribution in [3.63, 3.8) is 0 Å². The van der Waals surface area contributed by atoms with Crippen LogP contribution in [0.5, 0.6) is 23.0 Å². The van der Waals surface area contributed by atoms with Crippen LogP contribution in [-0.4, -0.2) is 25.2 Å². The van der Waals surface area contributed by atoms with E-state index in [0.717, 1.165) is 70.6 Å². The molecule has 0 aliphatic carbocycles. The zero-order valence-corrected chi connectivity index (χ0v) is 38.9. The molecule has 0 amide bonds. The highest BCUT2D eigenvalue weighted by molar-refractivity contribution is 5.84. The van der Waals surface area contributed by atoms with Crippen molar-refractivity contribution in [1.82, 2.24) is 0 Å². The number of benzene rings is 8. The Balaban J connectivity index is 0.821. The Kier molecular flexibility index (Phi) is 15.1. The van der Waals surface area contributed by atoms with Gasteiger partial charge in [-0.3, -0.25) is 0 Å². The monoisotopic (exact) mass is 910 g/mol. The van der Waals surface area contributed by atoms with E-state index in [2.05, 4.69) is 134 Å². The summed E-state index contributed by atoms with van der Waals surface area (Å²) in [7, 11) is 0. The zero-order chi connectivity index (χ0) is 48.0. The summed E-state index contributed by atoms with van der Waals surface area (Å²) in [5.74, 6) is 1.59. The predicted molar refractivity (Wildman–Crippen MR) is 277 cm³/mol. The Bertz CT molecular complexity index is 2730. The summed E-state index contributed by atoms with van der Waals surface area (Å²) >= 11 is 0. The van der Waals surface area contributed by atoms with Gasteiger partial charge in [-0.25, -0.2) is 9.59 Å². The van der Waals surface area contributed by atoms with Crippen LogP contribution in [0.1, 0.15) is 36.1 Å². The van der Waals surface area contributed by atoms with E-state index in [1.165, 1.54) is 22.3 Å². The fraction of sp³-hybridized carbons (Fsp3) is 0.115. The van der Waals surface area contributed by atoms with Crippen LogP contribution in [0.2, 0.25) is 0 Å². The number of ether oxygens (including phenoxy) is 4. The van der Waals surface area contributed by atoms with Crippen molar-refractivity contribution >= 4 is 46.1 Å². The molecular weight excluding hydrogens is 857 g/mol. The number of anilines is 6. The molecule has 8 aromatic rings. The van der Waals surface area contributed by atoms with Gasteiger partial charge >= 0.3 is 11.9 Å². The van der Waals surface area contributed by atoms with E-state index in [1.54, 1.807) is 24.3 Å². The van der Waals surface area contributed by atoms with Crippen molar-refractivity contribution in [2.75, 3.05) is 23.0 Å². The van der Waals surface area contributed by atoms with Gasteiger partial charge in [0.25, 0.3) is 0 Å². The third kappa shape index (κ3) is 12.0. The number of rotatable bonds is 20. The summed E-state index contributed by atoms with van der Waals surface area (Å²) < 4.78 is 23.0. The van der Waals surface area contributed by atoms with Crippen molar-refractivity contribution in [2.24, 2.45) is 0 Å². The van der Waals surface area contributed by atoms with E-state index < -0.39 is 11.9 Å². The molecule has 344 valence electrons. The molecule has 8 rings (SSSR count). The van der Waals surface area contributed by atoms with E-state index >= 15 is 0 Å². The minimum atomic E-state index is -0.493. The van der Waals surface area contributed by atoms with Crippen LogP contribution in [0.3, 0.4) is 0 Å². The number of hydrogen-bond acceptors (Lipinski definition) is 8. The fourth-order valence-corrected chi connectivity index (χ4v) is 7.99. The summed E-state index contributed by atoms with van der Waals surface area (Å²) in [6, 6.07) is 68.9. The molecule has 0 unspecified atom stereocenters. The van der Waals surface area contributed by atoms with Crippen molar-refractivity contribution in [1.29, 1.82) is 0 Å². The lowest BCUT2D eigenvalue weighted by Gasteiger charge is -2.26. The molecule has 0 fully saturated rings. The summed E-state index contributed by atoms with van der Waals surface area (Å²) in [6.45, 7) is 12.5. The van der Waals surface area contributed by atoms with E-state index in [1.807, 2.05) is 84.9 Å². The molecule has 0 N–H and O–H groups in total. The molecular formula is C61H54N2O6. The van der Waals surface area contributed by atoms with E-state index in [0.29, 0.717) is 24.7 Å². The molecule has 8 heteroatoms. The average Bonchev–Trinajstić information content (AvgIpc) is 3.39. The van der Waals surface area contributed by atoms with Crippen LogP contribution in [-0.2, 0) is 27.8 Å². The van der Waals surface area contributed by atoms with Gasteiger partial charge in [-0.05, 0) is 144 Å². The maximum absolute atomic E-state index is 11.7. The molecule has 0 aliphatic rings. The third-order valence-corrected chi connectivity index (χ3v) is 11.8. The number of para-hydroxylation sites is 2. The number of esters is 2. The second-order valence-electron chi connectivity index (χ2n) is 16.8. The van der Waals surface area contributed by atoms with Crippen molar-refractivity contribution in [3.8, 4) is 23.0 Å². The molecule has 0 aromatic heterocycles. The highest BCUT2D eigenvalue weighted by Gasteiger charge is 2.23.